The number of nitrogens with one attached hydrogen (secondary N) is 1. The monoisotopic (exact) mass is 290 g/mol. The highest BCUT2D eigenvalue weighted by atomic mass is 15.2. The van der Waals surface area contributed by atoms with Crippen LogP contribution in [0.3, 0.4) is 0 Å². The van der Waals surface area contributed by atoms with Gasteiger partial charge in [-0.3, -0.25) is 0 Å². The minimum absolute atomic E-state index is 0.121. The van der Waals surface area contributed by atoms with Crippen molar-refractivity contribution < 1.29 is 0 Å². The van der Waals surface area contributed by atoms with Crippen molar-refractivity contribution in [2.24, 2.45) is 0 Å². The Kier molecular flexibility index (Phi) is 5.22. The summed E-state index contributed by atoms with van der Waals surface area (Å²) in [5.41, 5.74) is 1.23. The first kappa shape index (κ1) is 16.2. The van der Waals surface area contributed by atoms with Crippen LogP contribution in [0, 0.1) is 0 Å². The van der Waals surface area contributed by atoms with Crippen molar-refractivity contribution in [1.29, 1.82) is 0 Å². The standard InChI is InChI=1S/C17H30N4/c1-17(2,3)18-12-14-8-6-10-16(19-14)21(5)13-15-9-7-11-20(15)4/h6,8,10,15,18H,7,9,11-13H2,1-5H3. The van der Waals surface area contributed by atoms with Crippen molar-refractivity contribution >= 4 is 5.82 Å². The second-order valence-electron chi connectivity index (χ2n) is 7.25. The number of aromatic nitrogens is 1. The summed E-state index contributed by atoms with van der Waals surface area (Å²) in [4.78, 5) is 9.53. The number of rotatable bonds is 5. The van der Waals surface area contributed by atoms with Crippen molar-refractivity contribution in [3.05, 3.63) is 23.9 Å². The molecule has 2 heterocycles. The lowest BCUT2D eigenvalue weighted by atomic mass is 10.1. The van der Waals surface area contributed by atoms with E-state index in [9.17, 15) is 0 Å². The third-order valence-corrected chi connectivity index (χ3v) is 4.14. The van der Waals surface area contributed by atoms with Crippen molar-refractivity contribution in [3.63, 3.8) is 0 Å². The quantitative estimate of drug-likeness (QED) is 0.903. The molecule has 1 aromatic heterocycles. The normalized spacial score (nSPS) is 20.0. The van der Waals surface area contributed by atoms with Gasteiger partial charge in [-0.15, -0.1) is 0 Å². The lowest BCUT2D eigenvalue weighted by Crippen LogP contribution is -2.37. The molecule has 0 amide bonds. The molecule has 0 radical (unpaired) electrons. The van der Waals surface area contributed by atoms with Gasteiger partial charge in [-0.05, 0) is 59.3 Å². The van der Waals surface area contributed by atoms with Gasteiger partial charge in [0.25, 0.3) is 0 Å². The molecule has 1 aliphatic rings. The van der Waals surface area contributed by atoms with Gasteiger partial charge in [0.05, 0.1) is 5.69 Å². The molecule has 4 nitrogen and oxygen atoms in total. The number of nitrogens with zero attached hydrogens (tertiary/aromatic N) is 3. The third-order valence-electron chi connectivity index (χ3n) is 4.14. The molecule has 1 saturated heterocycles. The molecule has 118 valence electrons. The Hall–Kier alpha value is -1.13. The summed E-state index contributed by atoms with van der Waals surface area (Å²) in [6.45, 7) is 9.63. The van der Waals surface area contributed by atoms with Crippen LogP contribution in [0.15, 0.2) is 18.2 Å². The highest BCUT2D eigenvalue weighted by molar-refractivity contribution is 5.38. The fourth-order valence-corrected chi connectivity index (χ4v) is 2.75. The summed E-state index contributed by atoms with van der Waals surface area (Å²) in [5, 5.41) is 3.50. The van der Waals surface area contributed by atoms with Crippen LogP contribution < -0.4 is 10.2 Å². The summed E-state index contributed by atoms with van der Waals surface area (Å²) in [6, 6.07) is 6.97. The van der Waals surface area contributed by atoms with Crippen molar-refractivity contribution in [3.8, 4) is 0 Å². The topological polar surface area (TPSA) is 31.4 Å². The maximum absolute atomic E-state index is 4.79. The van der Waals surface area contributed by atoms with E-state index in [0.717, 1.165) is 24.6 Å². The highest BCUT2D eigenvalue weighted by Crippen LogP contribution is 2.18. The molecule has 0 saturated carbocycles. The van der Waals surface area contributed by atoms with E-state index in [0.29, 0.717) is 6.04 Å². The van der Waals surface area contributed by atoms with Crippen LogP contribution in [0.2, 0.25) is 0 Å². The Labute approximate surface area is 129 Å². The SMILES string of the molecule is CN(CC1CCCN1C)c1cccc(CNC(C)(C)C)n1. The van der Waals surface area contributed by atoms with E-state index >= 15 is 0 Å². The zero-order chi connectivity index (χ0) is 15.5. The van der Waals surface area contributed by atoms with E-state index < -0.39 is 0 Å². The van der Waals surface area contributed by atoms with Gasteiger partial charge < -0.3 is 15.1 Å². The first-order chi connectivity index (χ1) is 9.85. The third kappa shape index (κ3) is 4.97. The Morgan fingerprint density at radius 2 is 2.14 bits per heavy atom. The largest absolute Gasteiger partial charge is 0.358 e. The van der Waals surface area contributed by atoms with E-state index in [1.165, 1.54) is 19.4 Å². The molecule has 4 heteroatoms. The molecule has 0 aliphatic carbocycles. The van der Waals surface area contributed by atoms with Crippen LogP contribution in [0.1, 0.15) is 39.3 Å². The number of hydrogen-bond acceptors (Lipinski definition) is 4. The number of likely N-dealkylation sites (tertiary alicyclic amines) is 1. The second-order valence-corrected chi connectivity index (χ2v) is 7.25. The molecule has 1 unspecified atom stereocenters. The molecule has 1 fully saturated rings. The molecule has 1 aromatic rings. The summed E-state index contributed by atoms with van der Waals surface area (Å²) >= 11 is 0. The molecular formula is C17H30N4. The Morgan fingerprint density at radius 3 is 2.76 bits per heavy atom. The smallest absolute Gasteiger partial charge is 0.128 e. The fourth-order valence-electron chi connectivity index (χ4n) is 2.75. The summed E-state index contributed by atoms with van der Waals surface area (Å²) in [6.07, 6.45) is 2.62. The van der Waals surface area contributed by atoms with Crippen molar-refractivity contribution in [2.45, 2.75) is 51.7 Å². The Balaban J connectivity index is 1.96. The Bertz CT molecular complexity index is 452. The molecular weight excluding hydrogens is 260 g/mol. The first-order valence-electron chi connectivity index (χ1n) is 7.97. The summed E-state index contributed by atoms with van der Waals surface area (Å²) < 4.78 is 0. The molecule has 0 bridgehead atoms. The van der Waals surface area contributed by atoms with Gasteiger partial charge >= 0.3 is 0 Å². The molecule has 1 N–H and O–H groups in total. The van der Waals surface area contributed by atoms with Crippen LogP contribution in [-0.4, -0.2) is 48.6 Å². The van der Waals surface area contributed by atoms with Crippen LogP contribution in [-0.2, 0) is 6.54 Å². The van der Waals surface area contributed by atoms with Gasteiger partial charge in [-0.1, -0.05) is 6.07 Å². The maximum Gasteiger partial charge on any atom is 0.128 e. The number of likely N-dealkylation sites (N-methyl/N-ethyl adjacent to an activating group) is 2. The van der Waals surface area contributed by atoms with Crippen molar-refractivity contribution in [1.82, 2.24) is 15.2 Å². The lowest BCUT2D eigenvalue weighted by molar-refractivity contribution is 0.314. The molecule has 21 heavy (non-hydrogen) atoms. The van der Waals surface area contributed by atoms with Crippen LogP contribution in [0.4, 0.5) is 5.82 Å². The molecule has 1 aliphatic heterocycles. The maximum atomic E-state index is 4.79. The average molecular weight is 290 g/mol. The molecule has 0 aromatic carbocycles. The average Bonchev–Trinajstić information content (AvgIpc) is 2.81. The number of pyridine rings is 1. The minimum Gasteiger partial charge on any atom is -0.358 e. The van der Waals surface area contributed by atoms with E-state index in [1.54, 1.807) is 0 Å². The molecule has 1 atom stereocenters. The summed E-state index contributed by atoms with van der Waals surface area (Å²) in [5.74, 6) is 1.07. The minimum atomic E-state index is 0.121. The number of anilines is 1. The van der Waals surface area contributed by atoms with Crippen molar-refractivity contribution in [2.75, 3.05) is 32.1 Å². The highest BCUT2D eigenvalue weighted by Gasteiger charge is 2.22. The van der Waals surface area contributed by atoms with Crippen LogP contribution >= 0.6 is 0 Å². The van der Waals surface area contributed by atoms with Gasteiger partial charge in [0, 0.05) is 31.7 Å². The van der Waals surface area contributed by atoms with Gasteiger partial charge in [0.2, 0.25) is 0 Å². The predicted octanol–water partition coefficient (Wildman–Crippen LogP) is 2.50. The predicted molar refractivity (Wildman–Crippen MR) is 89.8 cm³/mol. The first-order valence-corrected chi connectivity index (χ1v) is 7.97. The van der Waals surface area contributed by atoms with Crippen LogP contribution in [0.5, 0.6) is 0 Å². The lowest BCUT2D eigenvalue weighted by Gasteiger charge is -2.27. The van der Waals surface area contributed by atoms with Gasteiger partial charge in [0.15, 0.2) is 0 Å². The zero-order valence-corrected chi connectivity index (χ0v) is 14.2. The molecule has 0 spiro atoms. The van der Waals surface area contributed by atoms with E-state index in [2.05, 4.69) is 68.2 Å². The van der Waals surface area contributed by atoms with Crippen LogP contribution in [0.25, 0.3) is 0 Å². The fraction of sp³-hybridized carbons (Fsp3) is 0.706. The van der Waals surface area contributed by atoms with Gasteiger partial charge in [0.1, 0.15) is 5.82 Å². The van der Waals surface area contributed by atoms with Gasteiger partial charge in [-0.2, -0.15) is 0 Å². The van der Waals surface area contributed by atoms with E-state index in [-0.39, 0.29) is 5.54 Å². The molecule has 2 rings (SSSR count). The number of hydrogen-bond donors (Lipinski definition) is 1. The Morgan fingerprint density at radius 1 is 1.38 bits per heavy atom. The zero-order valence-electron chi connectivity index (χ0n) is 14.2. The van der Waals surface area contributed by atoms with E-state index in [1.807, 2.05) is 0 Å². The van der Waals surface area contributed by atoms with Gasteiger partial charge in [-0.25, -0.2) is 4.98 Å². The second kappa shape index (κ2) is 6.75. The summed E-state index contributed by atoms with van der Waals surface area (Å²) in [7, 11) is 4.37. The van der Waals surface area contributed by atoms with E-state index in [4.69, 9.17) is 4.98 Å².